The summed E-state index contributed by atoms with van der Waals surface area (Å²) in [4.78, 5) is 25.9. The van der Waals surface area contributed by atoms with Crippen molar-refractivity contribution in [1.29, 1.82) is 0 Å². The summed E-state index contributed by atoms with van der Waals surface area (Å²) in [5, 5.41) is 13.2. The fourth-order valence-corrected chi connectivity index (χ4v) is 1.71. The first-order chi connectivity index (χ1) is 10.5. The van der Waals surface area contributed by atoms with Crippen LogP contribution in [0.4, 0.5) is 17.1 Å². The summed E-state index contributed by atoms with van der Waals surface area (Å²) in [5.74, 6) is -0.409. The molecule has 2 aromatic carbocycles. The average Bonchev–Trinajstić information content (AvgIpc) is 2.48. The van der Waals surface area contributed by atoms with E-state index >= 15 is 0 Å². The van der Waals surface area contributed by atoms with Gasteiger partial charge in [0.05, 0.1) is 10.6 Å². The molecule has 0 saturated heterocycles. The number of carbonyl (C=O) groups excluding carboxylic acids is 1. The summed E-state index contributed by atoms with van der Waals surface area (Å²) < 4.78 is 0. The Morgan fingerprint density at radius 1 is 1.05 bits per heavy atom. The summed E-state index contributed by atoms with van der Waals surface area (Å²) in [7, 11) is 0. The van der Waals surface area contributed by atoms with Crippen LogP contribution in [0.3, 0.4) is 0 Å². The molecular formula is C14H13N5O3. The number of nitrogens with zero attached hydrogens (tertiary/aromatic N) is 2. The van der Waals surface area contributed by atoms with Crippen LogP contribution < -0.4 is 16.8 Å². The van der Waals surface area contributed by atoms with Crippen LogP contribution in [-0.2, 0) is 0 Å². The number of benzene rings is 2. The number of guanidine groups is 1. The second kappa shape index (κ2) is 6.35. The highest BCUT2D eigenvalue weighted by molar-refractivity contribution is 6.04. The van der Waals surface area contributed by atoms with Gasteiger partial charge in [-0.1, -0.05) is 0 Å². The predicted molar refractivity (Wildman–Crippen MR) is 83.0 cm³/mol. The Kier molecular flexibility index (Phi) is 4.33. The number of non-ortho nitro benzene ring substituents is 1. The molecule has 2 rings (SSSR count). The van der Waals surface area contributed by atoms with Crippen LogP contribution in [-0.4, -0.2) is 16.8 Å². The molecule has 0 bridgehead atoms. The van der Waals surface area contributed by atoms with Crippen LogP contribution in [0.25, 0.3) is 0 Å². The maximum absolute atomic E-state index is 12.0. The maximum atomic E-state index is 12.0. The van der Waals surface area contributed by atoms with Crippen molar-refractivity contribution in [2.75, 3.05) is 5.32 Å². The van der Waals surface area contributed by atoms with Crippen LogP contribution in [0.1, 0.15) is 10.4 Å². The lowest BCUT2D eigenvalue weighted by Gasteiger charge is -2.05. The number of nitro groups is 1. The quantitative estimate of drug-likeness (QED) is 0.342. The zero-order chi connectivity index (χ0) is 16.1. The van der Waals surface area contributed by atoms with Crippen molar-refractivity contribution in [1.82, 2.24) is 0 Å². The van der Waals surface area contributed by atoms with Gasteiger partial charge >= 0.3 is 0 Å². The highest BCUT2D eigenvalue weighted by Crippen LogP contribution is 2.17. The summed E-state index contributed by atoms with van der Waals surface area (Å²) in [6, 6.07) is 11.9. The van der Waals surface area contributed by atoms with E-state index in [2.05, 4.69) is 10.3 Å². The minimum atomic E-state index is -0.506. The molecule has 0 unspecified atom stereocenters. The van der Waals surface area contributed by atoms with E-state index in [9.17, 15) is 14.9 Å². The van der Waals surface area contributed by atoms with Crippen molar-refractivity contribution in [3.8, 4) is 0 Å². The molecule has 5 N–H and O–H groups in total. The number of hydrogen-bond acceptors (Lipinski definition) is 4. The zero-order valence-corrected chi connectivity index (χ0v) is 11.4. The minimum absolute atomic E-state index is 0.0420. The molecule has 0 saturated carbocycles. The lowest BCUT2D eigenvalue weighted by Crippen LogP contribution is -2.21. The van der Waals surface area contributed by atoms with Gasteiger partial charge in [0.2, 0.25) is 0 Å². The molecule has 112 valence electrons. The Bertz CT molecular complexity index is 719. The predicted octanol–water partition coefficient (Wildman–Crippen LogP) is 1.75. The molecule has 0 aromatic heterocycles. The Morgan fingerprint density at radius 2 is 1.64 bits per heavy atom. The minimum Gasteiger partial charge on any atom is -0.370 e. The van der Waals surface area contributed by atoms with Crippen LogP contribution in [0.5, 0.6) is 0 Å². The molecule has 0 aliphatic rings. The Balaban J connectivity index is 2.08. The number of nitro benzene ring substituents is 1. The van der Waals surface area contributed by atoms with Gasteiger partial charge in [0.1, 0.15) is 0 Å². The molecule has 0 spiro atoms. The van der Waals surface area contributed by atoms with Crippen LogP contribution in [0, 0.1) is 10.1 Å². The lowest BCUT2D eigenvalue weighted by molar-refractivity contribution is -0.384. The highest BCUT2D eigenvalue weighted by atomic mass is 16.6. The van der Waals surface area contributed by atoms with Gasteiger partial charge in [-0.15, -0.1) is 0 Å². The third kappa shape index (κ3) is 3.79. The number of rotatable bonds is 4. The van der Waals surface area contributed by atoms with Crippen molar-refractivity contribution in [3.05, 3.63) is 64.2 Å². The third-order valence-electron chi connectivity index (χ3n) is 2.72. The molecule has 2 aromatic rings. The average molecular weight is 299 g/mol. The van der Waals surface area contributed by atoms with Crippen molar-refractivity contribution >= 4 is 28.9 Å². The van der Waals surface area contributed by atoms with Gasteiger partial charge < -0.3 is 16.8 Å². The largest absolute Gasteiger partial charge is 0.370 e. The van der Waals surface area contributed by atoms with Crippen molar-refractivity contribution in [2.24, 2.45) is 16.5 Å². The van der Waals surface area contributed by atoms with E-state index in [0.29, 0.717) is 16.9 Å². The first-order valence-corrected chi connectivity index (χ1v) is 6.21. The van der Waals surface area contributed by atoms with Gasteiger partial charge in [-0.05, 0) is 36.4 Å². The first-order valence-electron chi connectivity index (χ1n) is 6.21. The van der Waals surface area contributed by atoms with Gasteiger partial charge in [0, 0.05) is 23.4 Å². The van der Waals surface area contributed by atoms with E-state index in [4.69, 9.17) is 11.5 Å². The highest BCUT2D eigenvalue weighted by Gasteiger charge is 2.08. The topological polar surface area (TPSA) is 137 Å². The molecule has 0 heterocycles. The summed E-state index contributed by atoms with van der Waals surface area (Å²) >= 11 is 0. The van der Waals surface area contributed by atoms with Crippen LogP contribution in [0.15, 0.2) is 53.5 Å². The first kappa shape index (κ1) is 15.0. The van der Waals surface area contributed by atoms with Gasteiger partial charge in [-0.3, -0.25) is 14.9 Å². The second-order valence-corrected chi connectivity index (χ2v) is 4.34. The molecule has 0 aliphatic heterocycles. The number of hydrogen-bond donors (Lipinski definition) is 3. The van der Waals surface area contributed by atoms with E-state index in [1.165, 1.54) is 24.3 Å². The molecule has 0 fully saturated rings. The fourth-order valence-electron chi connectivity index (χ4n) is 1.71. The van der Waals surface area contributed by atoms with Crippen molar-refractivity contribution < 1.29 is 9.72 Å². The van der Waals surface area contributed by atoms with Crippen LogP contribution >= 0.6 is 0 Å². The maximum Gasteiger partial charge on any atom is 0.269 e. The zero-order valence-electron chi connectivity index (χ0n) is 11.4. The number of anilines is 1. The number of nitrogens with two attached hydrogens (primary N) is 2. The van der Waals surface area contributed by atoms with Crippen molar-refractivity contribution in [2.45, 2.75) is 0 Å². The van der Waals surface area contributed by atoms with Gasteiger partial charge in [-0.25, -0.2) is 4.99 Å². The van der Waals surface area contributed by atoms with Crippen molar-refractivity contribution in [3.63, 3.8) is 0 Å². The van der Waals surface area contributed by atoms with E-state index in [1.807, 2.05) is 0 Å². The fraction of sp³-hybridized carbons (Fsp3) is 0. The number of nitrogens with one attached hydrogen (secondary N) is 1. The summed E-state index contributed by atoms with van der Waals surface area (Å²) in [6.45, 7) is 0. The number of amides is 1. The third-order valence-corrected chi connectivity index (χ3v) is 2.72. The molecule has 0 radical (unpaired) electrons. The number of aliphatic imine (C=N–C) groups is 1. The molecule has 0 aliphatic carbocycles. The summed E-state index contributed by atoms with van der Waals surface area (Å²) in [5.41, 5.74) is 11.9. The van der Waals surface area contributed by atoms with E-state index in [-0.39, 0.29) is 17.6 Å². The standard InChI is InChI=1S/C14H13N5O3/c15-14(16)18-11-3-1-9(2-4-11)13(20)17-10-5-7-12(8-6-10)19(21)22/h1-8H,(H,17,20)(H4,15,16,18). The van der Waals surface area contributed by atoms with Gasteiger partial charge in [0.15, 0.2) is 5.96 Å². The van der Waals surface area contributed by atoms with E-state index < -0.39 is 4.92 Å². The number of carbonyl (C=O) groups is 1. The van der Waals surface area contributed by atoms with E-state index in [0.717, 1.165) is 0 Å². The Hall–Kier alpha value is -3.42. The SMILES string of the molecule is NC(N)=Nc1ccc(C(=O)Nc2ccc([N+](=O)[O-])cc2)cc1. The van der Waals surface area contributed by atoms with Crippen LogP contribution in [0.2, 0.25) is 0 Å². The Morgan fingerprint density at radius 3 is 2.14 bits per heavy atom. The van der Waals surface area contributed by atoms with E-state index in [1.54, 1.807) is 24.3 Å². The van der Waals surface area contributed by atoms with Gasteiger partial charge in [0.25, 0.3) is 11.6 Å². The monoisotopic (exact) mass is 299 g/mol. The summed E-state index contributed by atoms with van der Waals surface area (Å²) in [6.07, 6.45) is 0. The lowest BCUT2D eigenvalue weighted by atomic mass is 10.2. The molecule has 8 nitrogen and oxygen atoms in total. The Labute approximate surface area is 125 Å². The second-order valence-electron chi connectivity index (χ2n) is 4.34. The normalized spacial score (nSPS) is 9.82. The van der Waals surface area contributed by atoms with Gasteiger partial charge in [-0.2, -0.15) is 0 Å². The molecular weight excluding hydrogens is 286 g/mol. The molecule has 0 atom stereocenters. The molecule has 8 heteroatoms. The molecule has 1 amide bonds. The smallest absolute Gasteiger partial charge is 0.269 e. The molecule has 22 heavy (non-hydrogen) atoms.